The number of rotatable bonds is 2. The first-order valence-electron chi connectivity index (χ1n) is 5.57. The highest BCUT2D eigenvalue weighted by molar-refractivity contribution is 6.09. The fourth-order valence-corrected chi connectivity index (χ4v) is 1.59. The zero-order chi connectivity index (χ0) is 12.4. The van der Waals surface area contributed by atoms with E-state index in [1.807, 2.05) is 13.8 Å². The van der Waals surface area contributed by atoms with Crippen LogP contribution in [0.1, 0.15) is 25.2 Å². The van der Waals surface area contributed by atoms with Crippen LogP contribution in [-0.4, -0.2) is 22.3 Å². The Balaban J connectivity index is 2.35. The van der Waals surface area contributed by atoms with Gasteiger partial charge in [0.25, 0.3) is 0 Å². The molecule has 2 atom stereocenters. The molecule has 0 radical (unpaired) electrons. The summed E-state index contributed by atoms with van der Waals surface area (Å²) in [5.41, 5.74) is 9.29. The monoisotopic (exact) mass is 228 g/mol. The molecule has 17 heavy (non-hydrogen) atoms. The molecule has 2 heterocycles. The number of hydrogen-bond donors (Lipinski definition) is 1. The molecule has 2 N–H and O–H groups in total. The van der Waals surface area contributed by atoms with Crippen LogP contribution in [0.2, 0.25) is 0 Å². The molecular weight excluding hydrogens is 212 g/mol. The third-order valence-electron chi connectivity index (χ3n) is 2.73. The zero-order valence-corrected chi connectivity index (χ0v) is 10.1. The first kappa shape index (κ1) is 11.7. The zero-order valence-electron chi connectivity index (χ0n) is 10.1. The van der Waals surface area contributed by atoms with E-state index < -0.39 is 0 Å². The van der Waals surface area contributed by atoms with Gasteiger partial charge in [-0.1, -0.05) is 19.6 Å². The van der Waals surface area contributed by atoms with Gasteiger partial charge in [-0.2, -0.15) is 0 Å². The summed E-state index contributed by atoms with van der Waals surface area (Å²) in [5.74, 6) is 0.213. The molecule has 0 spiro atoms. The van der Waals surface area contributed by atoms with E-state index >= 15 is 0 Å². The smallest absolute Gasteiger partial charge is 0.103 e. The topological polar surface area (TPSA) is 64.2 Å². The van der Waals surface area contributed by atoms with Gasteiger partial charge in [0, 0.05) is 17.7 Å². The van der Waals surface area contributed by atoms with Crippen LogP contribution in [0.4, 0.5) is 0 Å². The summed E-state index contributed by atoms with van der Waals surface area (Å²) in [7, 11) is 0. The van der Waals surface area contributed by atoms with Crippen LogP contribution in [0.5, 0.6) is 0 Å². The molecule has 0 aromatic carbocycles. The number of aromatic nitrogens is 2. The second-order valence-corrected chi connectivity index (χ2v) is 4.32. The van der Waals surface area contributed by atoms with Gasteiger partial charge < -0.3 is 5.73 Å². The van der Waals surface area contributed by atoms with Crippen LogP contribution in [0, 0.1) is 5.92 Å². The van der Waals surface area contributed by atoms with E-state index in [9.17, 15) is 0 Å². The molecule has 2 rings (SSSR count). The van der Waals surface area contributed by atoms with Crippen molar-refractivity contribution in [3.05, 3.63) is 36.4 Å². The molecule has 1 aliphatic rings. The maximum absolute atomic E-state index is 5.80. The van der Waals surface area contributed by atoms with Gasteiger partial charge in [-0.05, 0) is 12.5 Å². The van der Waals surface area contributed by atoms with Gasteiger partial charge in [-0.15, -0.1) is 0 Å². The van der Waals surface area contributed by atoms with E-state index in [1.165, 1.54) is 0 Å². The van der Waals surface area contributed by atoms with Crippen molar-refractivity contribution < 1.29 is 0 Å². The van der Waals surface area contributed by atoms with Gasteiger partial charge in [0.2, 0.25) is 0 Å². The molecule has 2 unspecified atom stereocenters. The van der Waals surface area contributed by atoms with Crippen molar-refractivity contribution in [3.8, 4) is 0 Å². The number of allylic oxidation sites excluding steroid dienone is 2. The fraction of sp³-hybridized carbons (Fsp3) is 0.308. The minimum Gasteiger partial charge on any atom is -0.309 e. The van der Waals surface area contributed by atoms with Gasteiger partial charge in [0.05, 0.1) is 23.8 Å². The van der Waals surface area contributed by atoms with Crippen LogP contribution in [0.3, 0.4) is 0 Å². The molecule has 88 valence electrons. The Kier molecular flexibility index (Phi) is 3.15. The summed E-state index contributed by atoms with van der Waals surface area (Å²) in [6, 6.07) is 0. The third kappa shape index (κ3) is 2.47. The fourth-order valence-electron chi connectivity index (χ4n) is 1.59. The van der Waals surface area contributed by atoms with E-state index in [4.69, 9.17) is 5.73 Å². The van der Waals surface area contributed by atoms with E-state index in [-0.39, 0.29) is 12.1 Å². The van der Waals surface area contributed by atoms with Gasteiger partial charge in [0.15, 0.2) is 0 Å². The molecule has 0 saturated carbocycles. The summed E-state index contributed by atoms with van der Waals surface area (Å²) >= 11 is 0. The molecule has 0 fully saturated rings. The molecule has 1 aliphatic heterocycles. The van der Waals surface area contributed by atoms with Gasteiger partial charge in [-0.3, -0.25) is 9.98 Å². The Labute approximate surface area is 101 Å². The highest BCUT2D eigenvalue weighted by atomic mass is 14.9. The summed E-state index contributed by atoms with van der Waals surface area (Å²) < 4.78 is 0. The Morgan fingerprint density at radius 1 is 1.41 bits per heavy atom. The SMILES string of the molecule is C=C(C)c1cncc(C2=CC(C)C(N)N=C2)n1. The van der Waals surface area contributed by atoms with Crippen LogP contribution in [-0.2, 0) is 0 Å². The minimum absolute atomic E-state index is 0.156. The minimum atomic E-state index is -0.156. The van der Waals surface area contributed by atoms with Crippen molar-refractivity contribution in [1.29, 1.82) is 0 Å². The summed E-state index contributed by atoms with van der Waals surface area (Å²) in [5, 5.41) is 0. The van der Waals surface area contributed by atoms with Crippen LogP contribution < -0.4 is 5.73 Å². The van der Waals surface area contributed by atoms with Crippen molar-refractivity contribution in [1.82, 2.24) is 9.97 Å². The number of aliphatic imine (C=N–C) groups is 1. The van der Waals surface area contributed by atoms with Gasteiger partial charge in [-0.25, -0.2) is 4.98 Å². The lowest BCUT2D eigenvalue weighted by molar-refractivity contribution is 0.560. The first-order valence-corrected chi connectivity index (χ1v) is 5.57. The van der Waals surface area contributed by atoms with E-state index in [1.54, 1.807) is 18.6 Å². The van der Waals surface area contributed by atoms with E-state index in [2.05, 4.69) is 27.6 Å². The van der Waals surface area contributed by atoms with Gasteiger partial charge >= 0.3 is 0 Å². The highest BCUT2D eigenvalue weighted by Gasteiger charge is 2.15. The number of hydrogen-bond acceptors (Lipinski definition) is 4. The largest absolute Gasteiger partial charge is 0.309 e. The molecule has 0 amide bonds. The van der Waals surface area contributed by atoms with E-state index in [0.717, 1.165) is 22.5 Å². The first-order chi connectivity index (χ1) is 8.08. The summed E-state index contributed by atoms with van der Waals surface area (Å²) in [4.78, 5) is 12.9. The predicted octanol–water partition coefficient (Wildman–Crippen LogP) is 1.90. The van der Waals surface area contributed by atoms with Crippen molar-refractivity contribution in [2.24, 2.45) is 16.6 Å². The van der Waals surface area contributed by atoms with Crippen LogP contribution in [0.15, 0.2) is 30.0 Å². The quantitative estimate of drug-likeness (QED) is 0.840. The summed E-state index contributed by atoms with van der Waals surface area (Å²) in [6.07, 6.45) is 7.12. The average molecular weight is 228 g/mol. The standard InChI is InChI=1S/C13H16N4/c1-8(2)11-6-15-7-12(17-11)10-4-9(3)13(14)16-5-10/h4-7,9,13H,1,14H2,2-3H3. The molecule has 0 saturated heterocycles. The van der Waals surface area contributed by atoms with Gasteiger partial charge in [0.1, 0.15) is 6.17 Å². The van der Waals surface area contributed by atoms with Crippen molar-refractivity contribution in [3.63, 3.8) is 0 Å². The normalized spacial score (nSPS) is 23.4. The number of nitrogens with two attached hydrogens (primary N) is 1. The predicted molar refractivity (Wildman–Crippen MR) is 70.3 cm³/mol. The average Bonchev–Trinajstić information content (AvgIpc) is 2.33. The Morgan fingerprint density at radius 2 is 2.18 bits per heavy atom. The second-order valence-electron chi connectivity index (χ2n) is 4.32. The number of nitrogens with zero attached hydrogens (tertiary/aromatic N) is 3. The lowest BCUT2D eigenvalue weighted by Crippen LogP contribution is -2.27. The Bertz CT molecular complexity index is 502. The van der Waals surface area contributed by atoms with Crippen LogP contribution in [0.25, 0.3) is 11.1 Å². The molecule has 0 aliphatic carbocycles. The number of dihydropyridines is 1. The third-order valence-corrected chi connectivity index (χ3v) is 2.73. The molecule has 0 bridgehead atoms. The summed E-state index contributed by atoms with van der Waals surface area (Å²) in [6.45, 7) is 7.81. The molecule has 1 aromatic heterocycles. The Hall–Kier alpha value is -1.81. The Morgan fingerprint density at radius 3 is 2.82 bits per heavy atom. The maximum atomic E-state index is 5.80. The van der Waals surface area contributed by atoms with Crippen LogP contribution >= 0.6 is 0 Å². The lowest BCUT2D eigenvalue weighted by Gasteiger charge is -2.18. The van der Waals surface area contributed by atoms with E-state index in [0.29, 0.717) is 0 Å². The highest BCUT2D eigenvalue weighted by Crippen LogP contribution is 2.20. The van der Waals surface area contributed by atoms with Crippen molar-refractivity contribution in [2.45, 2.75) is 20.0 Å². The molecule has 1 aromatic rings. The van der Waals surface area contributed by atoms with Crippen molar-refractivity contribution >= 4 is 17.4 Å². The second kappa shape index (κ2) is 4.59. The molecule has 4 nitrogen and oxygen atoms in total. The molecular formula is C13H16N4. The van der Waals surface area contributed by atoms with Crippen molar-refractivity contribution in [2.75, 3.05) is 0 Å². The molecule has 4 heteroatoms. The maximum Gasteiger partial charge on any atom is 0.103 e. The lowest BCUT2D eigenvalue weighted by atomic mass is 10.0.